The van der Waals surface area contributed by atoms with E-state index in [0.29, 0.717) is 5.41 Å². The van der Waals surface area contributed by atoms with E-state index in [4.69, 9.17) is 4.42 Å². The number of furan rings is 1. The van der Waals surface area contributed by atoms with Crippen molar-refractivity contribution in [3.63, 3.8) is 0 Å². The third-order valence-electron chi connectivity index (χ3n) is 17.6. The molecule has 15 rings (SSSR count). The summed E-state index contributed by atoms with van der Waals surface area (Å²) in [5, 5.41) is 2.31. The van der Waals surface area contributed by atoms with Gasteiger partial charge in [-0.1, -0.05) is 135 Å². The summed E-state index contributed by atoms with van der Waals surface area (Å²) in [6.07, 6.45) is 12.0. The summed E-state index contributed by atoms with van der Waals surface area (Å²) in [6, 6.07) is 66.8. The molecule has 2 bridgehead atoms. The molecule has 1 heterocycles. The average Bonchev–Trinajstić information content (AvgIpc) is 3.80. The third-order valence-corrected chi connectivity index (χ3v) is 17.6. The number of nitrogens with zero attached hydrogens (tertiary/aromatic N) is 1. The highest BCUT2D eigenvalue weighted by Gasteiger charge is 2.75. The van der Waals surface area contributed by atoms with Crippen molar-refractivity contribution in [3.05, 3.63) is 198 Å². The summed E-state index contributed by atoms with van der Waals surface area (Å²) in [7, 11) is 0. The molecule has 3 spiro atoms. The van der Waals surface area contributed by atoms with Gasteiger partial charge in [0, 0.05) is 44.7 Å². The molecule has 4 atom stereocenters. The van der Waals surface area contributed by atoms with Crippen molar-refractivity contribution in [2.24, 2.45) is 17.3 Å². The first kappa shape index (κ1) is 35.8. The highest BCUT2D eigenvalue weighted by molar-refractivity contribution is 6.07. The van der Waals surface area contributed by atoms with Crippen molar-refractivity contribution >= 4 is 39.0 Å². The summed E-state index contributed by atoms with van der Waals surface area (Å²) in [5.74, 6) is 1.59. The fourth-order valence-corrected chi connectivity index (χ4v) is 15.0. The van der Waals surface area contributed by atoms with E-state index in [1.165, 1.54) is 119 Å². The lowest BCUT2D eigenvalue weighted by Crippen LogP contribution is -2.33. The van der Waals surface area contributed by atoms with Crippen LogP contribution in [0.15, 0.2) is 180 Å². The zero-order valence-electron chi connectivity index (χ0n) is 36.1. The van der Waals surface area contributed by atoms with Gasteiger partial charge in [-0.3, -0.25) is 0 Å². The second-order valence-corrected chi connectivity index (χ2v) is 20.4. The van der Waals surface area contributed by atoms with Crippen molar-refractivity contribution in [3.8, 4) is 44.5 Å². The summed E-state index contributed by atoms with van der Waals surface area (Å²) in [4.78, 5) is 2.44. The number of rotatable bonds is 5. The first-order valence-corrected chi connectivity index (χ1v) is 24.0. The Hall–Kier alpha value is -6.64. The van der Waals surface area contributed by atoms with Crippen LogP contribution in [0.25, 0.3) is 66.4 Å². The van der Waals surface area contributed by atoms with Gasteiger partial charge in [0.05, 0.1) is 0 Å². The van der Waals surface area contributed by atoms with Gasteiger partial charge in [-0.25, -0.2) is 0 Å². The molecule has 2 nitrogen and oxygen atoms in total. The Labute approximate surface area is 375 Å². The Morgan fingerprint density at radius 1 is 0.422 bits per heavy atom. The number of hydrogen-bond donors (Lipinski definition) is 0. The molecule has 6 aliphatic carbocycles. The minimum atomic E-state index is 0.0877. The van der Waals surface area contributed by atoms with Gasteiger partial charge < -0.3 is 9.32 Å². The van der Waals surface area contributed by atoms with Crippen LogP contribution in [0.4, 0.5) is 17.1 Å². The number of fused-ring (bicyclic) bond motifs is 16. The largest absolute Gasteiger partial charge is 0.456 e. The molecule has 64 heavy (non-hydrogen) atoms. The van der Waals surface area contributed by atoms with Gasteiger partial charge in [-0.05, 0) is 177 Å². The summed E-state index contributed by atoms with van der Waals surface area (Å²) >= 11 is 0. The van der Waals surface area contributed by atoms with Crippen molar-refractivity contribution in [2.75, 3.05) is 4.90 Å². The number of benzene rings is 8. The summed E-state index contributed by atoms with van der Waals surface area (Å²) < 4.78 is 6.91. The lowest BCUT2D eigenvalue weighted by Gasteiger charge is -2.37. The van der Waals surface area contributed by atoms with Crippen LogP contribution in [-0.4, -0.2) is 0 Å². The van der Waals surface area contributed by atoms with Crippen LogP contribution in [-0.2, 0) is 10.8 Å². The van der Waals surface area contributed by atoms with E-state index in [2.05, 4.69) is 181 Å². The monoisotopic (exact) mass is 823 g/mol. The number of hydrogen-bond acceptors (Lipinski definition) is 2. The van der Waals surface area contributed by atoms with Crippen LogP contribution in [0.5, 0.6) is 0 Å². The molecule has 9 aromatic rings. The van der Waals surface area contributed by atoms with E-state index in [1.54, 1.807) is 11.1 Å². The zero-order chi connectivity index (χ0) is 41.8. The van der Waals surface area contributed by atoms with Crippen molar-refractivity contribution in [1.29, 1.82) is 0 Å². The molecule has 1 unspecified atom stereocenters. The van der Waals surface area contributed by atoms with Gasteiger partial charge in [-0.15, -0.1) is 0 Å². The molecule has 8 aromatic carbocycles. The molecular weight excluding hydrogens is 775 g/mol. The first-order chi connectivity index (χ1) is 31.6. The van der Waals surface area contributed by atoms with Gasteiger partial charge in [-0.2, -0.15) is 0 Å². The molecule has 0 radical (unpaired) electrons. The van der Waals surface area contributed by atoms with E-state index in [1.807, 2.05) is 0 Å². The average molecular weight is 824 g/mol. The maximum Gasteiger partial charge on any atom is 0.137 e. The van der Waals surface area contributed by atoms with Gasteiger partial charge in [0.2, 0.25) is 0 Å². The normalized spacial score (nSPS) is 23.6. The lowest BCUT2D eigenvalue weighted by molar-refractivity contribution is 0.255. The molecule has 1 aromatic heterocycles. The smallest absolute Gasteiger partial charge is 0.137 e. The second-order valence-electron chi connectivity index (χ2n) is 20.4. The van der Waals surface area contributed by atoms with Crippen molar-refractivity contribution in [1.82, 2.24) is 0 Å². The Kier molecular flexibility index (Phi) is 7.13. The Bertz CT molecular complexity index is 3400. The Morgan fingerprint density at radius 3 is 1.86 bits per heavy atom. The van der Waals surface area contributed by atoms with Gasteiger partial charge in [0.25, 0.3) is 0 Å². The Balaban J connectivity index is 0.836. The highest BCUT2D eigenvalue weighted by Crippen LogP contribution is 2.81. The topological polar surface area (TPSA) is 16.4 Å². The van der Waals surface area contributed by atoms with Gasteiger partial charge >= 0.3 is 0 Å². The summed E-state index contributed by atoms with van der Waals surface area (Å²) in [6.45, 7) is 0. The molecular formula is C62H49NO. The summed E-state index contributed by atoms with van der Waals surface area (Å²) in [5.41, 5.74) is 23.0. The van der Waals surface area contributed by atoms with E-state index in [9.17, 15) is 0 Å². The lowest BCUT2D eigenvalue weighted by atomic mass is 9.65. The molecule has 4 fully saturated rings. The van der Waals surface area contributed by atoms with Crippen LogP contribution in [0.1, 0.15) is 80.0 Å². The van der Waals surface area contributed by atoms with Crippen molar-refractivity contribution in [2.45, 2.75) is 68.6 Å². The maximum atomic E-state index is 6.91. The zero-order valence-corrected chi connectivity index (χ0v) is 36.1. The maximum absolute atomic E-state index is 6.91. The Morgan fingerprint density at radius 2 is 1.03 bits per heavy atom. The predicted octanol–water partition coefficient (Wildman–Crippen LogP) is 16.7. The fourth-order valence-electron chi connectivity index (χ4n) is 15.0. The fraction of sp³-hybridized carbons (Fsp3) is 0.226. The van der Waals surface area contributed by atoms with Gasteiger partial charge in [0.1, 0.15) is 11.2 Å². The number of anilines is 3. The molecule has 0 amide bonds. The molecule has 2 heteroatoms. The van der Waals surface area contributed by atoms with Crippen molar-refractivity contribution < 1.29 is 4.42 Å². The second kappa shape index (κ2) is 12.8. The van der Waals surface area contributed by atoms with E-state index in [0.717, 1.165) is 45.1 Å². The molecule has 4 saturated carbocycles. The van der Waals surface area contributed by atoms with E-state index >= 15 is 0 Å². The molecule has 0 aliphatic heterocycles. The standard InChI is InChI=1S/C62H49NO/c1-2-11-39(12-3-1)40-18-22-44(23-19-40)63(45-24-27-49-47-14-4-6-16-53(47)61(56(49)35-45)31-8-9-32-61)46-25-28-51-50-26-20-42(34-57(50)64-58(51)36-46)41-21-29-55-52(33-41)48-15-5-7-17-54(48)62(55)43-13-10-30-60(37-43)38-59(60)62/h1-7,11-12,14-29,33-36,43,59H,8-10,13,30-32,37-38H2/t43-,59-,60?,62+/m1/s1. The SMILES string of the molecule is c1ccc(-c2ccc(N(c3ccc4c(c3)C3(CCCC3)c3ccccc3-4)c3ccc4c(c3)oc3cc(-c5ccc6c(c5)-c5ccccc5[C@@]65[C@@H]6CCCC7(C6)C[C@H]75)ccc34)cc2)cc1. The predicted molar refractivity (Wildman–Crippen MR) is 263 cm³/mol. The van der Waals surface area contributed by atoms with E-state index < -0.39 is 0 Å². The van der Waals surface area contributed by atoms with Crippen LogP contribution in [0.3, 0.4) is 0 Å². The molecule has 308 valence electrons. The van der Waals surface area contributed by atoms with E-state index in [-0.39, 0.29) is 10.8 Å². The quantitative estimate of drug-likeness (QED) is 0.172. The molecule has 6 aliphatic rings. The highest BCUT2D eigenvalue weighted by atomic mass is 16.3. The molecule has 0 saturated heterocycles. The minimum Gasteiger partial charge on any atom is -0.456 e. The third kappa shape index (κ3) is 4.66. The van der Waals surface area contributed by atoms with Crippen LogP contribution in [0, 0.1) is 17.3 Å². The van der Waals surface area contributed by atoms with Crippen LogP contribution < -0.4 is 4.90 Å². The molecule has 0 N–H and O–H groups in total. The first-order valence-electron chi connectivity index (χ1n) is 24.0. The minimum absolute atomic E-state index is 0.0877. The van der Waals surface area contributed by atoms with Crippen LogP contribution in [0.2, 0.25) is 0 Å². The van der Waals surface area contributed by atoms with Crippen LogP contribution >= 0.6 is 0 Å². The van der Waals surface area contributed by atoms with Gasteiger partial charge in [0.15, 0.2) is 0 Å².